The number of nitrogen functional groups attached to an aromatic ring is 1. The van der Waals surface area contributed by atoms with Crippen molar-refractivity contribution in [3.63, 3.8) is 0 Å². The van der Waals surface area contributed by atoms with Crippen LogP contribution in [-0.2, 0) is 0 Å². The summed E-state index contributed by atoms with van der Waals surface area (Å²) in [4.78, 5) is 0. The second-order valence-corrected chi connectivity index (χ2v) is 5.25. The maximum absolute atomic E-state index is 5.85. The lowest BCUT2D eigenvalue weighted by atomic mass is 10.1. The van der Waals surface area contributed by atoms with Gasteiger partial charge < -0.3 is 15.2 Å². The van der Waals surface area contributed by atoms with E-state index >= 15 is 0 Å². The van der Waals surface area contributed by atoms with E-state index in [0.29, 0.717) is 11.4 Å². The van der Waals surface area contributed by atoms with E-state index < -0.39 is 0 Å². The maximum Gasteiger partial charge on any atom is 0.146 e. The highest BCUT2D eigenvalue weighted by atomic mass is 16.5. The highest BCUT2D eigenvalue weighted by Gasteiger charge is 2.05. The Balaban J connectivity index is 2.51. The summed E-state index contributed by atoms with van der Waals surface area (Å²) in [7, 11) is 0. The van der Waals surface area contributed by atoms with E-state index in [2.05, 4.69) is 13.8 Å². The Labute approximate surface area is 110 Å². The fourth-order valence-electron chi connectivity index (χ4n) is 1.64. The first-order valence-electron chi connectivity index (χ1n) is 6.68. The molecule has 0 aliphatic rings. The predicted molar refractivity (Wildman–Crippen MR) is 76.2 cm³/mol. The van der Waals surface area contributed by atoms with Gasteiger partial charge in [-0.05, 0) is 44.7 Å². The van der Waals surface area contributed by atoms with E-state index in [1.807, 2.05) is 32.0 Å². The first-order valence-corrected chi connectivity index (χ1v) is 6.68. The van der Waals surface area contributed by atoms with Crippen LogP contribution in [-0.4, -0.2) is 12.7 Å². The average molecular weight is 251 g/mol. The topological polar surface area (TPSA) is 44.5 Å². The predicted octanol–water partition coefficient (Wildman–Crippen LogP) is 3.87. The lowest BCUT2D eigenvalue weighted by molar-refractivity contribution is 0.241. The molecule has 1 aromatic rings. The van der Waals surface area contributed by atoms with Gasteiger partial charge in [0.2, 0.25) is 0 Å². The number of anilines is 1. The van der Waals surface area contributed by atoms with E-state index in [4.69, 9.17) is 15.2 Å². The van der Waals surface area contributed by atoms with Crippen LogP contribution in [0.15, 0.2) is 18.2 Å². The molecule has 0 bridgehead atoms. The highest BCUT2D eigenvalue weighted by molar-refractivity contribution is 5.55. The van der Waals surface area contributed by atoms with Gasteiger partial charge in [-0.1, -0.05) is 13.8 Å². The smallest absolute Gasteiger partial charge is 0.146 e. The summed E-state index contributed by atoms with van der Waals surface area (Å²) in [5.41, 5.74) is 6.50. The van der Waals surface area contributed by atoms with Crippen molar-refractivity contribution >= 4 is 5.69 Å². The molecule has 0 aromatic heterocycles. The number of ether oxygens (including phenoxy) is 2. The summed E-state index contributed by atoms with van der Waals surface area (Å²) in [6.45, 7) is 9.14. The van der Waals surface area contributed by atoms with E-state index in [-0.39, 0.29) is 6.10 Å². The van der Waals surface area contributed by atoms with Gasteiger partial charge >= 0.3 is 0 Å². The Kier molecular flexibility index (Phi) is 5.83. The minimum absolute atomic E-state index is 0.114. The highest BCUT2D eigenvalue weighted by Crippen LogP contribution is 2.27. The molecule has 0 spiro atoms. The third-order valence-corrected chi connectivity index (χ3v) is 2.54. The van der Waals surface area contributed by atoms with E-state index in [9.17, 15) is 0 Å². The van der Waals surface area contributed by atoms with Crippen LogP contribution in [0.4, 0.5) is 5.69 Å². The first kappa shape index (κ1) is 14.7. The lowest BCUT2D eigenvalue weighted by Crippen LogP contribution is -2.08. The van der Waals surface area contributed by atoms with Gasteiger partial charge in [0.25, 0.3) is 0 Å². The third-order valence-electron chi connectivity index (χ3n) is 2.54. The van der Waals surface area contributed by atoms with Crippen molar-refractivity contribution in [3.8, 4) is 11.5 Å². The van der Waals surface area contributed by atoms with Crippen molar-refractivity contribution < 1.29 is 9.47 Å². The zero-order valence-corrected chi connectivity index (χ0v) is 11.9. The fourth-order valence-corrected chi connectivity index (χ4v) is 1.64. The quantitative estimate of drug-likeness (QED) is 0.591. The molecule has 0 radical (unpaired) electrons. The van der Waals surface area contributed by atoms with Crippen LogP contribution in [0.3, 0.4) is 0 Å². The first-order chi connectivity index (χ1) is 8.49. The Morgan fingerprint density at radius 3 is 2.50 bits per heavy atom. The molecule has 0 heterocycles. The molecule has 102 valence electrons. The second kappa shape index (κ2) is 7.14. The number of hydrogen-bond acceptors (Lipinski definition) is 3. The fraction of sp³-hybridized carbons (Fsp3) is 0.600. The van der Waals surface area contributed by atoms with Crippen molar-refractivity contribution in [3.05, 3.63) is 18.2 Å². The van der Waals surface area contributed by atoms with Crippen LogP contribution in [0, 0.1) is 5.92 Å². The Morgan fingerprint density at radius 2 is 1.89 bits per heavy atom. The van der Waals surface area contributed by atoms with Crippen LogP contribution >= 0.6 is 0 Å². The Bertz CT molecular complexity index is 362. The molecule has 1 rings (SSSR count). The van der Waals surface area contributed by atoms with Gasteiger partial charge in [0.15, 0.2) is 0 Å². The van der Waals surface area contributed by atoms with Crippen LogP contribution < -0.4 is 15.2 Å². The summed E-state index contributed by atoms with van der Waals surface area (Å²) in [6.07, 6.45) is 2.37. The monoisotopic (exact) mass is 251 g/mol. The minimum atomic E-state index is 0.114. The molecule has 0 saturated carbocycles. The largest absolute Gasteiger partial charge is 0.493 e. The zero-order valence-electron chi connectivity index (χ0n) is 11.9. The number of hydrogen-bond donors (Lipinski definition) is 1. The molecule has 3 heteroatoms. The molecule has 0 amide bonds. The van der Waals surface area contributed by atoms with Gasteiger partial charge in [-0.2, -0.15) is 0 Å². The van der Waals surface area contributed by atoms with E-state index in [0.717, 1.165) is 24.7 Å². The van der Waals surface area contributed by atoms with Gasteiger partial charge in [0, 0.05) is 6.07 Å². The minimum Gasteiger partial charge on any atom is -0.493 e. The van der Waals surface area contributed by atoms with Crippen molar-refractivity contribution in [1.29, 1.82) is 0 Å². The van der Waals surface area contributed by atoms with Gasteiger partial charge in [-0.25, -0.2) is 0 Å². The summed E-state index contributed by atoms with van der Waals surface area (Å²) < 4.78 is 11.3. The van der Waals surface area contributed by atoms with Crippen LogP contribution in [0.1, 0.15) is 40.5 Å². The third kappa shape index (κ3) is 5.30. The standard InChI is InChI=1S/C15H25NO2/c1-11(2)6-5-9-17-13-7-8-14(16)15(10-13)18-12(3)4/h7-8,10-12H,5-6,9,16H2,1-4H3. The summed E-state index contributed by atoms with van der Waals surface area (Å²) in [6, 6.07) is 5.58. The van der Waals surface area contributed by atoms with E-state index in [1.165, 1.54) is 6.42 Å². The lowest BCUT2D eigenvalue weighted by Gasteiger charge is -2.14. The van der Waals surface area contributed by atoms with Crippen molar-refractivity contribution in [2.75, 3.05) is 12.3 Å². The summed E-state index contributed by atoms with van der Waals surface area (Å²) in [5.74, 6) is 2.25. The maximum atomic E-state index is 5.85. The molecule has 1 aromatic carbocycles. The zero-order chi connectivity index (χ0) is 13.5. The number of nitrogens with two attached hydrogens (primary N) is 1. The molecule has 0 fully saturated rings. The molecule has 0 atom stereocenters. The summed E-state index contributed by atoms with van der Waals surface area (Å²) in [5, 5.41) is 0. The normalized spacial score (nSPS) is 11.0. The molecule has 0 aliphatic heterocycles. The number of benzene rings is 1. The van der Waals surface area contributed by atoms with Crippen LogP contribution in [0.2, 0.25) is 0 Å². The van der Waals surface area contributed by atoms with Gasteiger partial charge in [-0.15, -0.1) is 0 Å². The van der Waals surface area contributed by atoms with Gasteiger partial charge in [-0.3, -0.25) is 0 Å². The SMILES string of the molecule is CC(C)CCCOc1ccc(N)c(OC(C)C)c1. The molecule has 2 N–H and O–H groups in total. The molecule has 0 saturated heterocycles. The van der Waals surface area contributed by atoms with Crippen molar-refractivity contribution in [2.45, 2.75) is 46.6 Å². The van der Waals surface area contributed by atoms with Crippen molar-refractivity contribution in [2.24, 2.45) is 5.92 Å². The van der Waals surface area contributed by atoms with Crippen molar-refractivity contribution in [1.82, 2.24) is 0 Å². The van der Waals surface area contributed by atoms with Gasteiger partial charge in [0.1, 0.15) is 11.5 Å². The van der Waals surface area contributed by atoms with Crippen LogP contribution in [0.5, 0.6) is 11.5 Å². The molecule has 3 nitrogen and oxygen atoms in total. The summed E-state index contributed by atoms with van der Waals surface area (Å²) >= 11 is 0. The molecule has 0 aliphatic carbocycles. The van der Waals surface area contributed by atoms with E-state index in [1.54, 1.807) is 0 Å². The Hall–Kier alpha value is -1.38. The van der Waals surface area contributed by atoms with Crippen LogP contribution in [0.25, 0.3) is 0 Å². The second-order valence-electron chi connectivity index (χ2n) is 5.25. The van der Waals surface area contributed by atoms with Gasteiger partial charge in [0.05, 0.1) is 18.4 Å². The molecule has 0 unspecified atom stereocenters. The molecular formula is C15H25NO2. The molecule has 18 heavy (non-hydrogen) atoms. The average Bonchev–Trinajstić information content (AvgIpc) is 2.27. The number of rotatable bonds is 7. The molecular weight excluding hydrogens is 226 g/mol. The Morgan fingerprint density at radius 1 is 1.17 bits per heavy atom.